The smallest absolute Gasteiger partial charge is 0.256 e. The number of benzene rings is 2. The molecule has 2 aromatic carbocycles. The average Bonchev–Trinajstić information content (AvgIpc) is 3.22. The predicted octanol–water partition coefficient (Wildman–Crippen LogP) is 5.30. The van der Waals surface area contributed by atoms with Crippen LogP contribution < -0.4 is 11.1 Å². The van der Waals surface area contributed by atoms with Crippen molar-refractivity contribution in [3.63, 3.8) is 0 Å². The van der Waals surface area contributed by atoms with Crippen LogP contribution in [-0.4, -0.2) is 11.0 Å². The Kier molecular flexibility index (Phi) is 4.33. The van der Waals surface area contributed by atoms with Crippen molar-refractivity contribution in [2.75, 3.05) is 11.1 Å². The van der Waals surface area contributed by atoms with Crippen LogP contribution in [0, 0.1) is 6.92 Å². The Labute approximate surface area is 164 Å². The number of rotatable bonds is 3. The highest BCUT2D eigenvalue weighted by Gasteiger charge is 2.17. The highest BCUT2D eigenvalue weighted by Crippen LogP contribution is 2.39. The minimum atomic E-state index is -0.242. The number of carbonyl (C=O) groups excluding carboxylic acids is 1. The number of aromatic hydroxyl groups is 1. The molecule has 0 aliphatic heterocycles. The van der Waals surface area contributed by atoms with E-state index >= 15 is 0 Å². The molecule has 0 aliphatic carbocycles. The number of amides is 1. The molecule has 2 aromatic heterocycles. The molecule has 4 aromatic rings. The second-order valence-electron chi connectivity index (χ2n) is 6.14. The lowest BCUT2D eigenvalue weighted by Gasteiger charge is -2.06. The zero-order valence-corrected chi connectivity index (χ0v) is 16.0. The molecule has 2 heterocycles. The molecule has 0 radical (unpaired) electrons. The van der Waals surface area contributed by atoms with E-state index in [9.17, 15) is 9.90 Å². The first-order valence-electron chi connectivity index (χ1n) is 8.14. The molecule has 0 saturated carbocycles. The van der Waals surface area contributed by atoms with Crippen LogP contribution in [0.2, 0.25) is 0 Å². The van der Waals surface area contributed by atoms with Crippen molar-refractivity contribution in [2.45, 2.75) is 11.8 Å². The molecule has 0 spiro atoms. The van der Waals surface area contributed by atoms with Gasteiger partial charge in [-0.15, -0.1) is 24.0 Å². The van der Waals surface area contributed by atoms with Crippen molar-refractivity contribution in [1.29, 1.82) is 0 Å². The summed E-state index contributed by atoms with van der Waals surface area (Å²) in [6, 6.07) is 12.1. The number of fused-ring (bicyclic) bond motifs is 1. The second-order valence-corrected chi connectivity index (χ2v) is 7.50. The molecule has 0 unspecified atom stereocenters. The number of phenols is 1. The number of thiol groups is 1. The topological polar surface area (TPSA) is 88.5 Å². The van der Waals surface area contributed by atoms with E-state index in [0.717, 1.165) is 21.5 Å². The standard InChI is InChI=1S/C20H16N2O3S2/c1-10-13(16-8-11-3-2-4-15(23)18(11)25-16)9-27-20(10)22-19(24)12-5-6-17(26)14(21)7-12/h2-9,23,26H,21H2,1H3,(H,22,24). The first-order valence-corrected chi connectivity index (χ1v) is 9.46. The van der Waals surface area contributed by atoms with Crippen molar-refractivity contribution < 1.29 is 14.3 Å². The average molecular weight is 396 g/mol. The predicted molar refractivity (Wildman–Crippen MR) is 112 cm³/mol. The molecule has 0 bridgehead atoms. The SMILES string of the molecule is Cc1c(-c2cc3cccc(O)c3o2)csc1NC(=O)c1ccc(S)c(N)c1. The molecule has 0 fully saturated rings. The van der Waals surface area contributed by atoms with Crippen LogP contribution in [0.3, 0.4) is 0 Å². The fourth-order valence-electron chi connectivity index (χ4n) is 2.83. The highest BCUT2D eigenvalue weighted by molar-refractivity contribution is 7.80. The van der Waals surface area contributed by atoms with Crippen LogP contribution in [0.4, 0.5) is 10.7 Å². The van der Waals surface area contributed by atoms with Crippen molar-refractivity contribution >= 4 is 51.5 Å². The Bertz CT molecular complexity index is 1180. The van der Waals surface area contributed by atoms with Crippen molar-refractivity contribution in [1.82, 2.24) is 0 Å². The van der Waals surface area contributed by atoms with E-state index in [-0.39, 0.29) is 11.7 Å². The Balaban J connectivity index is 1.64. The minimum absolute atomic E-state index is 0.102. The number of hydrogen-bond acceptors (Lipinski definition) is 6. The van der Waals surface area contributed by atoms with Crippen molar-refractivity contribution in [2.24, 2.45) is 0 Å². The summed E-state index contributed by atoms with van der Waals surface area (Å²) in [6.07, 6.45) is 0. The molecule has 1 amide bonds. The maximum atomic E-state index is 12.5. The Hall–Kier alpha value is -2.90. The molecule has 0 aliphatic rings. The summed E-state index contributed by atoms with van der Waals surface area (Å²) < 4.78 is 5.82. The van der Waals surface area contributed by atoms with Crippen LogP contribution in [0.25, 0.3) is 22.3 Å². The van der Waals surface area contributed by atoms with Gasteiger partial charge in [0.05, 0.1) is 5.00 Å². The fraction of sp³-hybridized carbons (Fsp3) is 0.0500. The number of hydrogen-bond donors (Lipinski definition) is 4. The lowest BCUT2D eigenvalue weighted by molar-refractivity contribution is 0.102. The summed E-state index contributed by atoms with van der Waals surface area (Å²) >= 11 is 5.63. The largest absolute Gasteiger partial charge is 0.504 e. The normalized spacial score (nSPS) is 11.0. The van der Waals surface area contributed by atoms with E-state index in [1.165, 1.54) is 11.3 Å². The van der Waals surface area contributed by atoms with Gasteiger partial charge in [-0.2, -0.15) is 0 Å². The number of thiophene rings is 1. The van der Waals surface area contributed by atoms with Gasteiger partial charge in [-0.05, 0) is 42.8 Å². The van der Waals surface area contributed by atoms with Crippen LogP contribution >= 0.6 is 24.0 Å². The third kappa shape index (κ3) is 3.15. The third-order valence-corrected chi connectivity index (χ3v) is 5.75. The van der Waals surface area contributed by atoms with E-state index in [0.29, 0.717) is 27.5 Å². The van der Waals surface area contributed by atoms with Gasteiger partial charge in [0.2, 0.25) is 0 Å². The first kappa shape index (κ1) is 17.5. The first-order chi connectivity index (χ1) is 12.9. The molecular weight excluding hydrogens is 380 g/mol. The van der Waals surface area contributed by atoms with E-state index < -0.39 is 0 Å². The molecule has 7 heteroatoms. The summed E-state index contributed by atoms with van der Waals surface area (Å²) in [6.45, 7) is 1.92. The van der Waals surface area contributed by atoms with Crippen LogP contribution in [-0.2, 0) is 0 Å². The maximum absolute atomic E-state index is 12.5. The molecule has 136 valence electrons. The highest BCUT2D eigenvalue weighted by atomic mass is 32.1. The van der Waals surface area contributed by atoms with Gasteiger partial charge in [-0.3, -0.25) is 4.79 Å². The van der Waals surface area contributed by atoms with Gasteiger partial charge in [0, 0.05) is 32.5 Å². The number of nitrogens with one attached hydrogen (secondary N) is 1. The van der Waals surface area contributed by atoms with Gasteiger partial charge in [0.15, 0.2) is 11.3 Å². The van der Waals surface area contributed by atoms with Gasteiger partial charge in [-0.25, -0.2) is 0 Å². The van der Waals surface area contributed by atoms with Crippen molar-refractivity contribution in [3.05, 3.63) is 59.0 Å². The molecule has 4 rings (SSSR count). The Morgan fingerprint density at radius 1 is 1.26 bits per heavy atom. The van der Waals surface area contributed by atoms with Gasteiger partial charge < -0.3 is 20.6 Å². The van der Waals surface area contributed by atoms with Gasteiger partial charge >= 0.3 is 0 Å². The quantitative estimate of drug-likeness (QED) is 0.279. The molecule has 5 nitrogen and oxygen atoms in total. The van der Waals surface area contributed by atoms with E-state index in [4.69, 9.17) is 10.2 Å². The zero-order chi connectivity index (χ0) is 19.1. The molecular formula is C20H16N2O3S2. The van der Waals surface area contributed by atoms with Gasteiger partial charge in [0.25, 0.3) is 5.91 Å². The molecule has 27 heavy (non-hydrogen) atoms. The van der Waals surface area contributed by atoms with Gasteiger partial charge in [-0.1, -0.05) is 12.1 Å². The van der Waals surface area contributed by atoms with E-state index in [2.05, 4.69) is 17.9 Å². The number of anilines is 2. The zero-order valence-electron chi connectivity index (χ0n) is 14.3. The summed E-state index contributed by atoms with van der Waals surface area (Å²) in [7, 11) is 0. The lowest BCUT2D eigenvalue weighted by Crippen LogP contribution is -2.12. The van der Waals surface area contributed by atoms with Gasteiger partial charge in [0.1, 0.15) is 5.76 Å². The summed E-state index contributed by atoms with van der Waals surface area (Å²) in [5.41, 5.74) is 8.96. The number of phenolic OH excluding ortho intramolecular Hbond substituents is 1. The monoisotopic (exact) mass is 396 g/mol. The molecule has 0 atom stereocenters. The van der Waals surface area contributed by atoms with Crippen LogP contribution in [0.1, 0.15) is 15.9 Å². The number of nitrogens with two attached hydrogens (primary N) is 1. The second kappa shape index (κ2) is 6.68. The summed E-state index contributed by atoms with van der Waals surface area (Å²) in [5, 5.41) is 16.3. The van der Waals surface area contributed by atoms with E-state index in [1.54, 1.807) is 30.3 Å². The van der Waals surface area contributed by atoms with Crippen LogP contribution in [0.15, 0.2) is 57.2 Å². The van der Waals surface area contributed by atoms with E-state index in [1.807, 2.05) is 24.4 Å². The van der Waals surface area contributed by atoms with Crippen LogP contribution in [0.5, 0.6) is 5.75 Å². The minimum Gasteiger partial charge on any atom is -0.504 e. The van der Waals surface area contributed by atoms with Crippen molar-refractivity contribution in [3.8, 4) is 17.1 Å². The number of nitrogen functional groups attached to an aromatic ring is 1. The Morgan fingerprint density at radius 3 is 2.81 bits per heavy atom. The molecule has 4 N–H and O–H groups in total. The fourth-order valence-corrected chi connectivity index (χ4v) is 3.94. The summed E-state index contributed by atoms with van der Waals surface area (Å²) in [4.78, 5) is 13.2. The summed E-state index contributed by atoms with van der Waals surface area (Å²) in [5.74, 6) is 0.503. The number of furan rings is 1. The number of carbonyl (C=O) groups is 1. The lowest BCUT2D eigenvalue weighted by atomic mass is 10.1. The Morgan fingerprint density at radius 2 is 2.07 bits per heavy atom. The number of para-hydroxylation sites is 1. The maximum Gasteiger partial charge on any atom is 0.256 e. The molecule has 0 saturated heterocycles. The third-order valence-electron chi connectivity index (χ3n) is 4.34.